The van der Waals surface area contributed by atoms with Gasteiger partial charge in [0.15, 0.2) is 0 Å². The standard InChI is InChI=1S/C31H38ClN3O4S/c1-5-6-18-33-31(37)28(20-25-14-8-7-9-15-25)34(21-26-16-11-17-27(32)19-26)29(36)22-35(40(4,38)39)30-23(2)12-10-13-24(30)3/h7-17,19,28H,5-6,18,20-22H2,1-4H3,(H,33,37)/t28-/m1/s1. The Morgan fingerprint density at radius 2 is 1.55 bits per heavy atom. The molecular formula is C31H38ClN3O4S. The van der Waals surface area contributed by atoms with E-state index in [0.29, 0.717) is 17.3 Å². The van der Waals surface area contributed by atoms with Gasteiger partial charge in [-0.1, -0.05) is 85.6 Å². The van der Waals surface area contributed by atoms with Crippen LogP contribution in [0.2, 0.25) is 5.02 Å². The van der Waals surface area contributed by atoms with E-state index in [0.717, 1.165) is 45.7 Å². The molecule has 0 aliphatic heterocycles. The molecule has 9 heteroatoms. The molecule has 0 aromatic heterocycles. The summed E-state index contributed by atoms with van der Waals surface area (Å²) >= 11 is 6.25. The summed E-state index contributed by atoms with van der Waals surface area (Å²) in [7, 11) is -3.83. The number of hydrogen-bond acceptors (Lipinski definition) is 4. The lowest BCUT2D eigenvalue weighted by molar-refractivity contribution is -0.140. The van der Waals surface area contributed by atoms with E-state index in [1.165, 1.54) is 4.90 Å². The van der Waals surface area contributed by atoms with Gasteiger partial charge in [-0.15, -0.1) is 0 Å². The van der Waals surface area contributed by atoms with Crippen molar-refractivity contribution in [2.45, 2.75) is 52.6 Å². The molecule has 1 atom stereocenters. The molecule has 0 saturated carbocycles. The summed E-state index contributed by atoms with van der Waals surface area (Å²) in [4.78, 5) is 29.3. The van der Waals surface area contributed by atoms with Gasteiger partial charge in [0.25, 0.3) is 0 Å². The number of para-hydroxylation sites is 1. The highest BCUT2D eigenvalue weighted by atomic mass is 35.5. The second-order valence-electron chi connectivity index (χ2n) is 10.0. The number of amides is 2. The number of anilines is 1. The normalized spacial score (nSPS) is 12.0. The first-order valence-corrected chi connectivity index (χ1v) is 15.6. The minimum atomic E-state index is -3.83. The molecule has 0 saturated heterocycles. The fourth-order valence-electron chi connectivity index (χ4n) is 4.67. The summed E-state index contributed by atoms with van der Waals surface area (Å²) in [5.41, 5.74) is 3.55. The number of halogens is 1. The molecular weight excluding hydrogens is 546 g/mol. The Morgan fingerprint density at radius 3 is 2.15 bits per heavy atom. The first-order valence-electron chi connectivity index (χ1n) is 13.4. The van der Waals surface area contributed by atoms with Gasteiger partial charge in [0.1, 0.15) is 12.6 Å². The quantitative estimate of drug-likeness (QED) is 0.277. The average Bonchev–Trinajstić information content (AvgIpc) is 2.90. The van der Waals surface area contributed by atoms with Crippen LogP contribution in [0.5, 0.6) is 0 Å². The van der Waals surface area contributed by atoms with E-state index < -0.39 is 28.5 Å². The summed E-state index contributed by atoms with van der Waals surface area (Å²) in [5, 5.41) is 3.48. The lowest BCUT2D eigenvalue weighted by Crippen LogP contribution is -2.53. The van der Waals surface area contributed by atoms with Crippen LogP contribution >= 0.6 is 11.6 Å². The number of carbonyl (C=O) groups is 2. The van der Waals surface area contributed by atoms with Gasteiger partial charge in [0, 0.05) is 24.5 Å². The van der Waals surface area contributed by atoms with Crippen LogP contribution < -0.4 is 9.62 Å². The number of nitrogens with zero attached hydrogens (tertiary/aromatic N) is 2. The van der Waals surface area contributed by atoms with Crippen molar-refractivity contribution in [3.8, 4) is 0 Å². The molecule has 1 N–H and O–H groups in total. The van der Waals surface area contributed by atoms with Crippen LogP contribution in [0.25, 0.3) is 0 Å². The molecule has 0 spiro atoms. The van der Waals surface area contributed by atoms with E-state index in [1.54, 1.807) is 18.2 Å². The van der Waals surface area contributed by atoms with Gasteiger partial charge in [-0.05, 0) is 54.7 Å². The lowest BCUT2D eigenvalue weighted by Gasteiger charge is -2.34. The van der Waals surface area contributed by atoms with Gasteiger partial charge in [0.05, 0.1) is 11.9 Å². The zero-order valence-electron chi connectivity index (χ0n) is 23.6. The van der Waals surface area contributed by atoms with E-state index >= 15 is 0 Å². The number of sulfonamides is 1. The first kappa shape index (κ1) is 31.2. The van der Waals surface area contributed by atoms with Crippen molar-refractivity contribution in [2.24, 2.45) is 0 Å². The Labute approximate surface area is 243 Å². The van der Waals surface area contributed by atoms with Crippen LogP contribution in [0, 0.1) is 13.8 Å². The van der Waals surface area contributed by atoms with E-state index in [-0.39, 0.29) is 18.9 Å². The summed E-state index contributed by atoms with van der Waals surface area (Å²) in [6.07, 6.45) is 3.08. The SMILES string of the molecule is CCCCNC(=O)[C@@H](Cc1ccccc1)N(Cc1cccc(Cl)c1)C(=O)CN(c1c(C)cccc1C)S(C)(=O)=O. The number of nitrogens with one attached hydrogen (secondary N) is 1. The van der Waals surface area contributed by atoms with E-state index in [1.807, 2.05) is 75.4 Å². The molecule has 0 bridgehead atoms. The zero-order chi connectivity index (χ0) is 29.3. The number of aryl methyl sites for hydroxylation is 2. The van der Waals surface area contributed by atoms with Crippen molar-refractivity contribution in [2.75, 3.05) is 23.7 Å². The van der Waals surface area contributed by atoms with Crippen LogP contribution in [-0.4, -0.2) is 50.5 Å². The van der Waals surface area contributed by atoms with E-state index in [4.69, 9.17) is 11.6 Å². The van der Waals surface area contributed by atoms with Crippen LogP contribution in [0.4, 0.5) is 5.69 Å². The Balaban J connectivity index is 2.07. The second kappa shape index (κ2) is 14.3. The number of unbranched alkanes of at least 4 members (excludes halogenated alkanes) is 1. The Bertz CT molecular complexity index is 1390. The highest BCUT2D eigenvalue weighted by Gasteiger charge is 2.33. The van der Waals surface area contributed by atoms with Gasteiger partial charge < -0.3 is 10.2 Å². The summed E-state index contributed by atoms with van der Waals surface area (Å²) in [6, 6.07) is 21.2. The van der Waals surface area contributed by atoms with E-state index in [2.05, 4.69) is 5.32 Å². The maximum atomic E-state index is 14.2. The number of hydrogen-bond donors (Lipinski definition) is 1. The van der Waals surface area contributed by atoms with Crippen LogP contribution in [0.1, 0.15) is 42.0 Å². The maximum Gasteiger partial charge on any atom is 0.244 e. The molecule has 0 heterocycles. The van der Waals surface area contributed by atoms with Gasteiger partial charge in [0.2, 0.25) is 21.8 Å². The topological polar surface area (TPSA) is 86.8 Å². The fourth-order valence-corrected chi connectivity index (χ4v) is 5.84. The molecule has 214 valence electrons. The van der Waals surface area contributed by atoms with Crippen molar-refractivity contribution in [1.82, 2.24) is 10.2 Å². The molecule has 0 aliphatic carbocycles. The summed E-state index contributed by atoms with van der Waals surface area (Å²) in [6.45, 7) is 5.79. The molecule has 0 fully saturated rings. The van der Waals surface area contributed by atoms with Crippen LogP contribution in [0.3, 0.4) is 0 Å². The Kier molecular flexibility index (Phi) is 11.2. The van der Waals surface area contributed by atoms with Crippen molar-refractivity contribution in [1.29, 1.82) is 0 Å². The molecule has 3 aromatic carbocycles. The highest BCUT2D eigenvalue weighted by molar-refractivity contribution is 7.92. The third-order valence-corrected chi connectivity index (χ3v) is 8.06. The van der Waals surface area contributed by atoms with Crippen molar-refractivity contribution < 1.29 is 18.0 Å². The molecule has 0 unspecified atom stereocenters. The number of rotatable bonds is 13. The molecule has 0 aliphatic rings. The van der Waals surface area contributed by atoms with Crippen LogP contribution in [0.15, 0.2) is 72.8 Å². The molecule has 40 heavy (non-hydrogen) atoms. The monoisotopic (exact) mass is 583 g/mol. The predicted molar refractivity (Wildman–Crippen MR) is 162 cm³/mol. The largest absolute Gasteiger partial charge is 0.354 e. The van der Waals surface area contributed by atoms with Crippen molar-refractivity contribution >= 4 is 39.1 Å². The molecule has 7 nitrogen and oxygen atoms in total. The molecule has 0 radical (unpaired) electrons. The average molecular weight is 584 g/mol. The zero-order valence-corrected chi connectivity index (χ0v) is 25.1. The maximum absolute atomic E-state index is 14.2. The smallest absolute Gasteiger partial charge is 0.244 e. The third-order valence-electron chi connectivity index (χ3n) is 6.71. The van der Waals surface area contributed by atoms with Crippen LogP contribution in [-0.2, 0) is 32.6 Å². The predicted octanol–water partition coefficient (Wildman–Crippen LogP) is 5.28. The summed E-state index contributed by atoms with van der Waals surface area (Å²) < 4.78 is 27.2. The van der Waals surface area contributed by atoms with E-state index in [9.17, 15) is 18.0 Å². The van der Waals surface area contributed by atoms with Gasteiger partial charge in [-0.25, -0.2) is 8.42 Å². The number of benzene rings is 3. The second-order valence-corrected chi connectivity index (χ2v) is 12.4. The Hall–Kier alpha value is -3.36. The van der Waals surface area contributed by atoms with Gasteiger partial charge >= 0.3 is 0 Å². The van der Waals surface area contributed by atoms with Gasteiger partial charge in [-0.3, -0.25) is 13.9 Å². The lowest BCUT2D eigenvalue weighted by atomic mass is 10.0. The first-order chi connectivity index (χ1) is 19.0. The number of carbonyl (C=O) groups excluding carboxylic acids is 2. The van der Waals surface area contributed by atoms with Crippen molar-refractivity contribution in [3.63, 3.8) is 0 Å². The molecule has 3 aromatic rings. The summed E-state index contributed by atoms with van der Waals surface area (Å²) in [5.74, 6) is -0.773. The fraction of sp³-hybridized carbons (Fsp3) is 0.355. The van der Waals surface area contributed by atoms with Gasteiger partial charge in [-0.2, -0.15) is 0 Å². The Morgan fingerprint density at radius 1 is 0.925 bits per heavy atom. The minimum absolute atomic E-state index is 0.0858. The molecule has 3 rings (SSSR count). The minimum Gasteiger partial charge on any atom is -0.354 e. The van der Waals surface area contributed by atoms with Crippen molar-refractivity contribution in [3.05, 3.63) is 100 Å². The highest BCUT2D eigenvalue weighted by Crippen LogP contribution is 2.27. The third kappa shape index (κ3) is 8.57. The molecule has 2 amide bonds.